The molecule has 130 valence electrons. The molecule has 0 amide bonds. The Kier molecular flexibility index (Phi) is 4.41. The smallest absolute Gasteiger partial charge is 0.384 e. The molecule has 0 spiro atoms. The van der Waals surface area contributed by atoms with E-state index in [1.54, 1.807) is 4.90 Å². The minimum atomic E-state index is -4.64. The number of hydrogen-bond donors (Lipinski definition) is 1. The van der Waals surface area contributed by atoms with Crippen molar-refractivity contribution in [1.82, 2.24) is 15.0 Å². The number of pyridine rings is 1. The van der Waals surface area contributed by atoms with Gasteiger partial charge in [0, 0.05) is 30.9 Å². The zero-order valence-electron chi connectivity index (χ0n) is 12.9. The highest BCUT2D eigenvalue weighted by Crippen LogP contribution is 2.37. The van der Waals surface area contributed by atoms with E-state index in [2.05, 4.69) is 15.0 Å². The summed E-state index contributed by atoms with van der Waals surface area (Å²) < 4.78 is 45.2. The minimum absolute atomic E-state index is 0.0311. The van der Waals surface area contributed by atoms with E-state index in [0.29, 0.717) is 26.3 Å². The van der Waals surface area contributed by atoms with Crippen molar-refractivity contribution in [3.05, 3.63) is 29.6 Å². The first-order valence-electron chi connectivity index (χ1n) is 7.33. The van der Waals surface area contributed by atoms with Crippen LogP contribution < -0.4 is 10.6 Å². The van der Waals surface area contributed by atoms with Crippen LogP contribution in [0.5, 0.6) is 0 Å². The fourth-order valence-electron chi connectivity index (χ4n) is 2.44. The van der Waals surface area contributed by atoms with Gasteiger partial charge in [-0.15, -0.1) is 0 Å². The molecule has 2 aromatic heterocycles. The van der Waals surface area contributed by atoms with Crippen molar-refractivity contribution in [3.8, 4) is 17.3 Å². The van der Waals surface area contributed by atoms with E-state index >= 15 is 0 Å². The summed E-state index contributed by atoms with van der Waals surface area (Å²) in [5, 5.41) is 9.16. The maximum absolute atomic E-state index is 13.3. The Labute approximate surface area is 140 Å². The third-order valence-corrected chi connectivity index (χ3v) is 3.63. The third kappa shape index (κ3) is 3.61. The van der Waals surface area contributed by atoms with Gasteiger partial charge in [0.2, 0.25) is 5.95 Å². The molecule has 10 heteroatoms. The Morgan fingerprint density at radius 1 is 1.20 bits per heavy atom. The average molecular weight is 350 g/mol. The molecule has 2 N–H and O–H groups in total. The number of alkyl halides is 3. The first kappa shape index (κ1) is 16.9. The summed E-state index contributed by atoms with van der Waals surface area (Å²) in [7, 11) is 0. The van der Waals surface area contributed by atoms with E-state index in [-0.39, 0.29) is 28.7 Å². The first-order chi connectivity index (χ1) is 11.9. The molecule has 1 saturated heterocycles. The van der Waals surface area contributed by atoms with Gasteiger partial charge in [-0.1, -0.05) is 0 Å². The molecule has 7 nitrogen and oxygen atoms in total. The van der Waals surface area contributed by atoms with Gasteiger partial charge in [0.1, 0.15) is 17.6 Å². The van der Waals surface area contributed by atoms with Gasteiger partial charge in [0.25, 0.3) is 0 Å². The summed E-state index contributed by atoms with van der Waals surface area (Å²) in [6.45, 7) is 1.88. The first-order valence-corrected chi connectivity index (χ1v) is 7.33. The van der Waals surface area contributed by atoms with Crippen molar-refractivity contribution in [2.24, 2.45) is 0 Å². The van der Waals surface area contributed by atoms with Gasteiger partial charge in [-0.25, -0.2) is 15.0 Å². The number of halogens is 3. The van der Waals surface area contributed by atoms with Crippen LogP contribution in [0.3, 0.4) is 0 Å². The number of ether oxygens (including phenoxy) is 1. The van der Waals surface area contributed by atoms with Crippen LogP contribution in [-0.4, -0.2) is 41.3 Å². The number of aromatic nitrogens is 3. The molecule has 3 heterocycles. The van der Waals surface area contributed by atoms with Crippen LogP contribution in [0.2, 0.25) is 0 Å². The number of morpholine rings is 1. The highest BCUT2D eigenvalue weighted by atomic mass is 19.4. The topological polar surface area (TPSA) is 101 Å². The maximum Gasteiger partial charge on any atom is 0.417 e. The molecule has 1 fully saturated rings. The van der Waals surface area contributed by atoms with E-state index < -0.39 is 11.7 Å². The number of nitriles is 1. The fraction of sp³-hybridized carbons (Fsp3) is 0.333. The van der Waals surface area contributed by atoms with Gasteiger partial charge >= 0.3 is 6.18 Å². The number of nitrogens with two attached hydrogens (primary N) is 1. The molecule has 25 heavy (non-hydrogen) atoms. The molecular formula is C15H13F3N6O. The van der Waals surface area contributed by atoms with E-state index in [1.807, 2.05) is 6.07 Å². The average Bonchev–Trinajstić information content (AvgIpc) is 2.61. The second-order valence-electron chi connectivity index (χ2n) is 5.30. The van der Waals surface area contributed by atoms with Crippen LogP contribution in [0.25, 0.3) is 11.3 Å². The van der Waals surface area contributed by atoms with Crippen LogP contribution in [0.4, 0.5) is 24.9 Å². The van der Waals surface area contributed by atoms with Crippen molar-refractivity contribution in [1.29, 1.82) is 5.26 Å². The number of anilines is 2. The molecule has 0 unspecified atom stereocenters. The van der Waals surface area contributed by atoms with Crippen molar-refractivity contribution in [2.45, 2.75) is 6.18 Å². The van der Waals surface area contributed by atoms with E-state index in [1.165, 1.54) is 6.07 Å². The predicted octanol–water partition coefficient (Wildman–Crippen LogP) is 1.85. The Morgan fingerprint density at radius 2 is 1.92 bits per heavy atom. The largest absolute Gasteiger partial charge is 0.417 e. The van der Waals surface area contributed by atoms with Gasteiger partial charge in [0.15, 0.2) is 0 Å². The second kappa shape index (κ2) is 6.52. The summed E-state index contributed by atoms with van der Waals surface area (Å²) in [6.07, 6.45) is -3.63. The standard InChI is InChI=1S/C15H13F3N6O/c16-15(17,18)11-6-13(20)21-8-10(11)12-5-9(7-19)22-14(23-12)24-1-3-25-4-2-24/h5-6,8H,1-4H2,(H2,20,21). The summed E-state index contributed by atoms with van der Waals surface area (Å²) in [4.78, 5) is 13.8. The Morgan fingerprint density at radius 3 is 2.56 bits per heavy atom. The summed E-state index contributed by atoms with van der Waals surface area (Å²) in [5.41, 5.74) is 4.10. The van der Waals surface area contributed by atoms with Crippen molar-refractivity contribution >= 4 is 11.8 Å². The Balaban J connectivity index is 2.13. The summed E-state index contributed by atoms with van der Waals surface area (Å²) in [5.74, 6) is -0.0682. The molecule has 3 rings (SSSR count). The lowest BCUT2D eigenvalue weighted by Gasteiger charge is -2.27. The monoisotopic (exact) mass is 350 g/mol. The lowest BCUT2D eigenvalue weighted by atomic mass is 10.1. The lowest BCUT2D eigenvalue weighted by Crippen LogP contribution is -2.37. The van der Waals surface area contributed by atoms with Gasteiger partial charge in [-0.05, 0) is 6.07 Å². The van der Waals surface area contributed by atoms with Crippen molar-refractivity contribution in [2.75, 3.05) is 36.9 Å². The highest BCUT2D eigenvalue weighted by molar-refractivity contribution is 5.67. The molecule has 0 radical (unpaired) electrons. The van der Waals surface area contributed by atoms with Crippen LogP contribution in [0, 0.1) is 11.3 Å². The van der Waals surface area contributed by atoms with Gasteiger partial charge in [-0.3, -0.25) is 0 Å². The van der Waals surface area contributed by atoms with Crippen LogP contribution in [0.15, 0.2) is 18.3 Å². The summed E-state index contributed by atoms with van der Waals surface area (Å²) >= 11 is 0. The van der Waals surface area contributed by atoms with Crippen molar-refractivity contribution < 1.29 is 17.9 Å². The fourth-order valence-corrected chi connectivity index (χ4v) is 2.44. The van der Waals surface area contributed by atoms with E-state index in [9.17, 15) is 13.2 Å². The minimum Gasteiger partial charge on any atom is -0.384 e. The second-order valence-corrected chi connectivity index (χ2v) is 5.30. The number of rotatable bonds is 2. The quantitative estimate of drug-likeness (QED) is 0.882. The van der Waals surface area contributed by atoms with Gasteiger partial charge in [0.05, 0.1) is 24.5 Å². The number of hydrogen-bond acceptors (Lipinski definition) is 7. The zero-order valence-corrected chi connectivity index (χ0v) is 12.9. The third-order valence-electron chi connectivity index (χ3n) is 3.63. The molecule has 0 aliphatic carbocycles. The van der Waals surface area contributed by atoms with E-state index in [4.69, 9.17) is 15.7 Å². The van der Waals surface area contributed by atoms with E-state index in [0.717, 1.165) is 12.3 Å². The SMILES string of the molecule is N#Cc1cc(-c2cnc(N)cc2C(F)(F)F)nc(N2CCOCC2)n1. The molecule has 0 bridgehead atoms. The number of nitrogens with zero attached hydrogens (tertiary/aromatic N) is 5. The van der Waals surface area contributed by atoms with Crippen LogP contribution in [0.1, 0.15) is 11.3 Å². The molecule has 0 aromatic carbocycles. The van der Waals surface area contributed by atoms with Crippen LogP contribution >= 0.6 is 0 Å². The van der Waals surface area contributed by atoms with Gasteiger partial charge < -0.3 is 15.4 Å². The number of nitrogen functional groups attached to an aromatic ring is 1. The van der Waals surface area contributed by atoms with Gasteiger partial charge in [-0.2, -0.15) is 18.4 Å². The maximum atomic E-state index is 13.3. The molecule has 1 aliphatic rings. The molecular weight excluding hydrogens is 337 g/mol. The van der Waals surface area contributed by atoms with Crippen LogP contribution in [-0.2, 0) is 10.9 Å². The Bertz CT molecular complexity index is 827. The molecule has 1 aliphatic heterocycles. The Hall–Kier alpha value is -2.93. The molecule has 2 aromatic rings. The molecule has 0 atom stereocenters. The normalized spacial score (nSPS) is 15.0. The molecule has 0 saturated carbocycles. The highest BCUT2D eigenvalue weighted by Gasteiger charge is 2.35. The lowest BCUT2D eigenvalue weighted by molar-refractivity contribution is -0.137. The van der Waals surface area contributed by atoms with Crippen molar-refractivity contribution in [3.63, 3.8) is 0 Å². The summed E-state index contributed by atoms with van der Waals surface area (Å²) in [6, 6.07) is 3.80. The predicted molar refractivity (Wildman–Crippen MR) is 82.4 cm³/mol. The zero-order chi connectivity index (χ0) is 18.0.